The Morgan fingerprint density at radius 1 is 1.18 bits per heavy atom. The van der Waals surface area contributed by atoms with Crippen molar-refractivity contribution in [3.8, 4) is 11.4 Å². The summed E-state index contributed by atoms with van der Waals surface area (Å²) in [5.74, 6) is 0.485. The van der Waals surface area contributed by atoms with Gasteiger partial charge in [-0.2, -0.15) is 5.10 Å². The topological polar surface area (TPSA) is 123 Å². The second-order valence-electron chi connectivity index (χ2n) is 3.63. The highest BCUT2D eigenvalue weighted by Crippen LogP contribution is 2.18. The number of nitrogens with one attached hydrogen (secondary N) is 4. The number of aromatic nitrogens is 6. The van der Waals surface area contributed by atoms with Crippen LogP contribution in [0, 0.1) is 6.92 Å². The van der Waals surface area contributed by atoms with Crippen molar-refractivity contribution >= 4 is 11.2 Å². The van der Waals surface area contributed by atoms with Gasteiger partial charge in [0.1, 0.15) is 11.3 Å². The minimum Gasteiger partial charge on any atom is -0.332 e. The minimum atomic E-state index is -0.579. The van der Waals surface area contributed by atoms with Gasteiger partial charge in [0.2, 0.25) is 0 Å². The summed E-state index contributed by atoms with van der Waals surface area (Å²) in [5.41, 5.74) is 0.965. The molecular formula is C9H8N6O2. The van der Waals surface area contributed by atoms with E-state index in [1.54, 1.807) is 6.20 Å². The Bertz CT molecular complexity index is 805. The standard InChI is InChI=1S/C9H8N6O2/c1-3-4(2-10-15-3)6-11-5-7(12-6)13-9(17)14-8(5)16/h2H,1H3,(H,10,15)(H3,11,12,13,14,16,17). The van der Waals surface area contributed by atoms with E-state index in [1.165, 1.54) is 0 Å². The van der Waals surface area contributed by atoms with Gasteiger partial charge in [0.25, 0.3) is 5.56 Å². The fourth-order valence-corrected chi connectivity index (χ4v) is 1.65. The van der Waals surface area contributed by atoms with Crippen molar-refractivity contribution in [1.29, 1.82) is 0 Å². The molecule has 0 amide bonds. The van der Waals surface area contributed by atoms with Crippen molar-refractivity contribution in [2.75, 3.05) is 0 Å². The van der Waals surface area contributed by atoms with Crippen LogP contribution < -0.4 is 11.2 Å². The van der Waals surface area contributed by atoms with Crippen LogP contribution in [0.1, 0.15) is 5.69 Å². The average molecular weight is 232 g/mol. The molecule has 0 atom stereocenters. The second-order valence-corrected chi connectivity index (χ2v) is 3.63. The maximum atomic E-state index is 11.5. The summed E-state index contributed by atoms with van der Waals surface area (Å²) in [6.45, 7) is 1.84. The maximum Gasteiger partial charge on any atom is 0.327 e. The van der Waals surface area contributed by atoms with Gasteiger partial charge in [-0.1, -0.05) is 0 Å². The van der Waals surface area contributed by atoms with Gasteiger partial charge < -0.3 is 4.98 Å². The monoisotopic (exact) mass is 232 g/mol. The Morgan fingerprint density at radius 3 is 2.71 bits per heavy atom. The molecule has 0 fully saturated rings. The highest BCUT2D eigenvalue weighted by Gasteiger charge is 2.11. The van der Waals surface area contributed by atoms with Gasteiger partial charge in [-0.15, -0.1) is 0 Å². The van der Waals surface area contributed by atoms with Crippen LogP contribution in [0.5, 0.6) is 0 Å². The molecule has 0 aromatic carbocycles. The molecule has 17 heavy (non-hydrogen) atoms. The summed E-state index contributed by atoms with van der Waals surface area (Å²) in [4.78, 5) is 34.1. The van der Waals surface area contributed by atoms with Crippen molar-refractivity contribution in [2.45, 2.75) is 6.92 Å². The van der Waals surface area contributed by atoms with Gasteiger partial charge in [0.05, 0.1) is 11.8 Å². The Kier molecular flexibility index (Phi) is 1.79. The summed E-state index contributed by atoms with van der Waals surface area (Å²) in [5, 5.41) is 6.63. The number of H-pyrrole nitrogens is 4. The van der Waals surface area contributed by atoms with Crippen LogP contribution in [0.15, 0.2) is 15.8 Å². The van der Waals surface area contributed by atoms with E-state index < -0.39 is 11.2 Å². The first-order chi connectivity index (χ1) is 8.15. The predicted octanol–water partition coefficient (Wildman–Crippen LogP) is -0.362. The zero-order valence-electron chi connectivity index (χ0n) is 8.79. The molecular weight excluding hydrogens is 224 g/mol. The molecule has 8 heteroatoms. The van der Waals surface area contributed by atoms with E-state index in [1.807, 2.05) is 6.92 Å². The van der Waals surface area contributed by atoms with Crippen LogP contribution in [0.25, 0.3) is 22.6 Å². The van der Waals surface area contributed by atoms with Crippen molar-refractivity contribution < 1.29 is 0 Å². The number of imidazole rings is 1. The van der Waals surface area contributed by atoms with E-state index in [2.05, 4.69) is 30.1 Å². The van der Waals surface area contributed by atoms with Crippen LogP contribution >= 0.6 is 0 Å². The molecule has 0 bridgehead atoms. The van der Waals surface area contributed by atoms with Crippen molar-refractivity contribution in [2.24, 2.45) is 0 Å². The SMILES string of the molecule is Cc1[nH]ncc1-c1nc2[nH]c(=O)[nH]c(=O)c2[nH]1. The molecule has 0 radical (unpaired) electrons. The van der Waals surface area contributed by atoms with Gasteiger partial charge in [-0.25, -0.2) is 9.78 Å². The van der Waals surface area contributed by atoms with Crippen LogP contribution in [-0.4, -0.2) is 30.1 Å². The van der Waals surface area contributed by atoms with Gasteiger partial charge in [-0.3, -0.25) is 19.9 Å². The zero-order valence-corrected chi connectivity index (χ0v) is 8.79. The lowest BCUT2D eigenvalue weighted by molar-refractivity contribution is 1.05. The lowest BCUT2D eigenvalue weighted by Gasteiger charge is -1.90. The van der Waals surface area contributed by atoms with Crippen LogP contribution in [0.3, 0.4) is 0 Å². The smallest absolute Gasteiger partial charge is 0.327 e. The third-order valence-corrected chi connectivity index (χ3v) is 2.47. The number of nitrogens with zero attached hydrogens (tertiary/aromatic N) is 2. The molecule has 3 rings (SSSR count). The molecule has 0 aliphatic rings. The number of rotatable bonds is 1. The van der Waals surface area contributed by atoms with Crippen LogP contribution in [0.4, 0.5) is 0 Å². The lowest BCUT2D eigenvalue weighted by atomic mass is 10.2. The fraction of sp³-hybridized carbons (Fsp3) is 0.111. The van der Waals surface area contributed by atoms with Gasteiger partial charge in [0.15, 0.2) is 5.65 Å². The fourth-order valence-electron chi connectivity index (χ4n) is 1.65. The van der Waals surface area contributed by atoms with Gasteiger partial charge in [-0.05, 0) is 6.92 Å². The molecule has 0 aliphatic carbocycles. The molecule has 4 N–H and O–H groups in total. The molecule has 3 heterocycles. The highest BCUT2D eigenvalue weighted by atomic mass is 16.2. The van der Waals surface area contributed by atoms with Gasteiger partial charge >= 0.3 is 5.69 Å². The molecule has 8 nitrogen and oxygen atoms in total. The molecule has 0 saturated heterocycles. The predicted molar refractivity (Wildman–Crippen MR) is 59.7 cm³/mol. The Morgan fingerprint density at radius 2 is 2.00 bits per heavy atom. The first-order valence-corrected chi connectivity index (χ1v) is 4.88. The highest BCUT2D eigenvalue weighted by molar-refractivity contribution is 5.74. The lowest BCUT2D eigenvalue weighted by Crippen LogP contribution is -2.21. The number of hydrogen-bond donors (Lipinski definition) is 4. The third kappa shape index (κ3) is 1.38. The Labute approximate surface area is 93.1 Å². The van der Waals surface area contributed by atoms with Crippen molar-refractivity contribution in [3.05, 3.63) is 32.7 Å². The molecule has 3 aromatic heterocycles. The Balaban J connectivity index is 2.35. The summed E-state index contributed by atoms with van der Waals surface area (Å²) < 4.78 is 0. The molecule has 0 aliphatic heterocycles. The van der Waals surface area contributed by atoms with E-state index in [4.69, 9.17) is 0 Å². The molecule has 86 valence electrons. The second kappa shape index (κ2) is 3.17. The summed E-state index contributed by atoms with van der Waals surface area (Å²) in [6, 6.07) is 0. The molecule has 3 aromatic rings. The van der Waals surface area contributed by atoms with Crippen LogP contribution in [0.2, 0.25) is 0 Å². The van der Waals surface area contributed by atoms with E-state index in [9.17, 15) is 9.59 Å². The largest absolute Gasteiger partial charge is 0.332 e. The first-order valence-electron chi connectivity index (χ1n) is 4.88. The Hall–Kier alpha value is -2.64. The van der Waals surface area contributed by atoms with E-state index in [-0.39, 0.29) is 11.2 Å². The van der Waals surface area contributed by atoms with E-state index >= 15 is 0 Å². The quantitative estimate of drug-likeness (QED) is 0.457. The van der Waals surface area contributed by atoms with Crippen molar-refractivity contribution in [3.63, 3.8) is 0 Å². The summed E-state index contributed by atoms with van der Waals surface area (Å²) in [7, 11) is 0. The summed E-state index contributed by atoms with van der Waals surface area (Å²) in [6.07, 6.45) is 1.60. The van der Waals surface area contributed by atoms with E-state index in [0.717, 1.165) is 11.3 Å². The third-order valence-electron chi connectivity index (χ3n) is 2.47. The average Bonchev–Trinajstić information content (AvgIpc) is 2.83. The maximum absolute atomic E-state index is 11.5. The van der Waals surface area contributed by atoms with Gasteiger partial charge in [0, 0.05) is 5.69 Å². The first kappa shape index (κ1) is 9.58. The number of hydrogen-bond acceptors (Lipinski definition) is 4. The number of aromatic amines is 4. The minimum absolute atomic E-state index is 0.231. The molecule has 0 saturated carbocycles. The number of fused-ring (bicyclic) bond motifs is 1. The zero-order chi connectivity index (χ0) is 12.0. The summed E-state index contributed by atoms with van der Waals surface area (Å²) >= 11 is 0. The molecule has 0 spiro atoms. The van der Waals surface area contributed by atoms with E-state index in [0.29, 0.717) is 5.82 Å². The molecule has 0 unspecified atom stereocenters. The van der Waals surface area contributed by atoms with Crippen molar-refractivity contribution in [1.82, 2.24) is 30.1 Å². The number of aryl methyl sites for hydroxylation is 1. The normalized spacial score (nSPS) is 11.1. The van der Waals surface area contributed by atoms with Crippen LogP contribution in [-0.2, 0) is 0 Å².